The van der Waals surface area contributed by atoms with Gasteiger partial charge in [0.1, 0.15) is 5.82 Å². The summed E-state index contributed by atoms with van der Waals surface area (Å²) in [4.78, 5) is 24.4. The molecule has 5 nitrogen and oxygen atoms in total. The first-order valence-corrected chi connectivity index (χ1v) is 9.88. The number of benzene rings is 1. The van der Waals surface area contributed by atoms with E-state index in [1.54, 1.807) is 18.4 Å². The van der Waals surface area contributed by atoms with Crippen molar-refractivity contribution in [1.29, 1.82) is 0 Å². The summed E-state index contributed by atoms with van der Waals surface area (Å²) in [5, 5.41) is 2.65. The molecule has 136 valence electrons. The van der Waals surface area contributed by atoms with E-state index in [4.69, 9.17) is 0 Å². The Balaban J connectivity index is 1.46. The standard InChI is InChI=1S/C20H24N4OS/c1-21-20(25)7-5-3-2-4-6-19-23-12-17(24-19)15-8-10-16(11-9-15)18-13-22-14-26-18/h8-14H,2-7H2,1H3,(H,21,25)(H,23,24). The maximum absolute atomic E-state index is 11.2. The first-order valence-electron chi connectivity index (χ1n) is 9.00. The van der Waals surface area contributed by atoms with Crippen molar-refractivity contribution in [2.24, 2.45) is 0 Å². The Labute approximate surface area is 157 Å². The van der Waals surface area contributed by atoms with Gasteiger partial charge in [-0.25, -0.2) is 4.98 Å². The molecule has 0 radical (unpaired) electrons. The van der Waals surface area contributed by atoms with Gasteiger partial charge in [0.25, 0.3) is 0 Å². The molecule has 3 aromatic rings. The molecule has 2 heterocycles. The van der Waals surface area contributed by atoms with Gasteiger partial charge >= 0.3 is 0 Å². The molecule has 0 aliphatic rings. The average Bonchev–Trinajstić information content (AvgIpc) is 3.36. The number of aromatic amines is 1. The van der Waals surface area contributed by atoms with Gasteiger partial charge in [-0.1, -0.05) is 37.1 Å². The van der Waals surface area contributed by atoms with Crippen molar-refractivity contribution in [3.8, 4) is 21.7 Å². The molecule has 0 spiro atoms. The minimum Gasteiger partial charge on any atom is -0.359 e. The second-order valence-electron chi connectivity index (χ2n) is 6.27. The van der Waals surface area contributed by atoms with E-state index in [-0.39, 0.29) is 5.91 Å². The minimum absolute atomic E-state index is 0.127. The maximum Gasteiger partial charge on any atom is 0.219 e. The monoisotopic (exact) mass is 368 g/mol. The molecule has 0 fully saturated rings. The molecule has 1 amide bonds. The van der Waals surface area contributed by atoms with Crippen LogP contribution in [0.2, 0.25) is 0 Å². The largest absolute Gasteiger partial charge is 0.359 e. The van der Waals surface area contributed by atoms with Crippen molar-refractivity contribution >= 4 is 17.2 Å². The molecular weight excluding hydrogens is 344 g/mol. The molecule has 0 bridgehead atoms. The number of nitrogens with zero attached hydrogens (tertiary/aromatic N) is 2. The number of hydrogen-bond acceptors (Lipinski definition) is 4. The van der Waals surface area contributed by atoms with Crippen molar-refractivity contribution in [3.05, 3.63) is 48.0 Å². The number of imidazole rings is 1. The highest BCUT2D eigenvalue weighted by Crippen LogP contribution is 2.26. The van der Waals surface area contributed by atoms with Crippen molar-refractivity contribution in [3.63, 3.8) is 0 Å². The summed E-state index contributed by atoms with van der Waals surface area (Å²) in [6, 6.07) is 8.47. The van der Waals surface area contributed by atoms with Crippen LogP contribution in [0.15, 0.2) is 42.2 Å². The molecule has 2 N–H and O–H groups in total. The molecule has 2 aromatic heterocycles. The van der Waals surface area contributed by atoms with E-state index in [2.05, 4.69) is 44.5 Å². The van der Waals surface area contributed by atoms with E-state index in [0.29, 0.717) is 6.42 Å². The summed E-state index contributed by atoms with van der Waals surface area (Å²) < 4.78 is 0. The van der Waals surface area contributed by atoms with Gasteiger partial charge in [-0.05, 0) is 24.0 Å². The zero-order valence-electron chi connectivity index (χ0n) is 15.0. The number of aryl methyl sites for hydroxylation is 1. The van der Waals surface area contributed by atoms with Gasteiger partial charge in [-0.15, -0.1) is 11.3 Å². The van der Waals surface area contributed by atoms with Crippen LogP contribution in [-0.4, -0.2) is 27.9 Å². The molecule has 1 aromatic carbocycles. The van der Waals surface area contributed by atoms with Gasteiger partial charge in [-0.2, -0.15) is 0 Å². The second-order valence-corrected chi connectivity index (χ2v) is 7.16. The third-order valence-electron chi connectivity index (χ3n) is 4.39. The third kappa shape index (κ3) is 5.02. The van der Waals surface area contributed by atoms with Gasteiger partial charge in [0.15, 0.2) is 0 Å². The number of carbonyl (C=O) groups excluding carboxylic acids is 1. The summed E-state index contributed by atoms with van der Waals surface area (Å²) in [6.45, 7) is 0. The number of rotatable bonds is 9. The number of hydrogen-bond donors (Lipinski definition) is 2. The van der Waals surface area contributed by atoms with Gasteiger partial charge < -0.3 is 10.3 Å². The number of aromatic nitrogens is 3. The van der Waals surface area contributed by atoms with Gasteiger partial charge in [0.2, 0.25) is 5.91 Å². The molecule has 0 aliphatic carbocycles. The number of nitrogens with one attached hydrogen (secondary N) is 2. The highest BCUT2D eigenvalue weighted by molar-refractivity contribution is 7.13. The molecule has 0 atom stereocenters. The van der Waals surface area contributed by atoms with Gasteiger partial charge in [0, 0.05) is 26.1 Å². The lowest BCUT2D eigenvalue weighted by Crippen LogP contribution is -2.16. The third-order valence-corrected chi connectivity index (χ3v) is 5.21. The van der Waals surface area contributed by atoms with Crippen LogP contribution in [0.5, 0.6) is 0 Å². The lowest BCUT2D eigenvalue weighted by atomic mass is 10.1. The van der Waals surface area contributed by atoms with Crippen molar-refractivity contribution in [1.82, 2.24) is 20.3 Å². The number of thiazole rings is 1. The molecule has 6 heteroatoms. The van der Waals surface area contributed by atoms with Crippen LogP contribution in [0.3, 0.4) is 0 Å². The Hall–Kier alpha value is -2.47. The quantitative estimate of drug-likeness (QED) is 0.549. The summed E-state index contributed by atoms with van der Waals surface area (Å²) in [5.41, 5.74) is 5.23. The molecule has 26 heavy (non-hydrogen) atoms. The summed E-state index contributed by atoms with van der Waals surface area (Å²) in [5.74, 6) is 1.15. The van der Waals surface area contributed by atoms with Crippen LogP contribution in [0.1, 0.15) is 37.9 Å². The van der Waals surface area contributed by atoms with Crippen molar-refractivity contribution in [2.75, 3.05) is 7.05 Å². The molecule has 0 aliphatic heterocycles. The lowest BCUT2D eigenvalue weighted by molar-refractivity contribution is -0.120. The smallest absolute Gasteiger partial charge is 0.219 e. The van der Waals surface area contributed by atoms with Crippen LogP contribution in [0.25, 0.3) is 21.7 Å². The topological polar surface area (TPSA) is 70.7 Å². The van der Waals surface area contributed by atoms with E-state index in [9.17, 15) is 4.79 Å². The molecule has 0 saturated carbocycles. The van der Waals surface area contributed by atoms with E-state index in [0.717, 1.165) is 49.2 Å². The van der Waals surface area contributed by atoms with Crippen LogP contribution in [0.4, 0.5) is 0 Å². The Morgan fingerprint density at radius 2 is 1.85 bits per heavy atom. The number of carbonyl (C=O) groups is 1. The van der Waals surface area contributed by atoms with Crippen LogP contribution in [-0.2, 0) is 11.2 Å². The highest BCUT2D eigenvalue weighted by Gasteiger charge is 2.05. The molecule has 0 saturated heterocycles. The van der Waals surface area contributed by atoms with E-state index in [1.807, 2.05) is 17.9 Å². The zero-order valence-corrected chi connectivity index (χ0v) is 15.8. The Kier molecular flexibility index (Phi) is 6.55. The number of H-pyrrole nitrogens is 1. The Morgan fingerprint density at radius 3 is 2.58 bits per heavy atom. The van der Waals surface area contributed by atoms with Gasteiger partial charge in [-0.3, -0.25) is 9.78 Å². The molecule has 3 rings (SSSR count). The van der Waals surface area contributed by atoms with Crippen LogP contribution < -0.4 is 5.32 Å². The minimum atomic E-state index is 0.127. The number of unbranched alkanes of at least 4 members (excludes halogenated alkanes) is 3. The Bertz CT molecular complexity index is 809. The normalized spacial score (nSPS) is 10.8. The number of amides is 1. The first-order chi connectivity index (χ1) is 12.8. The predicted molar refractivity (Wildman–Crippen MR) is 106 cm³/mol. The molecule has 0 unspecified atom stereocenters. The van der Waals surface area contributed by atoms with E-state index >= 15 is 0 Å². The lowest BCUT2D eigenvalue weighted by Gasteiger charge is -2.01. The fourth-order valence-corrected chi connectivity index (χ4v) is 3.49. The fourth-order valence-electron chi connectivity index (χ4n) is 2.87. The molecular formula is C20H24N4OS. The SMILES string of the molecule is CNC(=O)CCCCCCc1ncc(-c2ccc(-c3cncs3)cc2)[nH]1. The van der Waals surface area contributed by atoms with Crippen LogP contribution >= 0.6 is 11.3 Å². The summed E-state index contributed by atoms with van der Waals surface area (Å²) >= 11 is 1.65. The first kappa shape index (κ1) is 18.3. The summed E-state index contributed by atoms with van der Waals surface area (Å²) in [6.07, 6.45) is 9.61. The highest BCUT2D eigenvalue weighted by atomic mass is 32.1. The van der Waals surface area contributed by atoms with Crippen molar-refractivity contribution in [2.45, 2.75) is 38.5 Å². The Morgan fingerprint density at radius 1 is 1.08 bits per heavy atom. The summed E-state index contributed by atoms with van der Waals surface area (Å²) in [7, 11) is 1.68. The van der Waals surface area contributed by atoms with Gasteiger partial charge in [0.05, 0.1) is 22.3 Å². The maximum atomic E-state index is 11.2. The van der Waals surface area contributed by atoms with Crippen molar-refractivity contribution < 1.29 is 4.79 Å². The second kappa shape index (κ2) is 9.29. The van der Waals surface area contributed by atoms with Crippen LogP contribution in [0, 0.1) is 0 Å². The van der Waals surface area contributed by atoms with E-state index in [1.165, 1.54) is 10.4 Å². The fraction of sp³-hybridized carbons (Fsp3) is 0.350. The van der Waals surface area contributed by atoms with E-state index < -0.39 is 0 Å². The predicted octanol–water partition coefficient (Wildman–Crippen LogP) is 4.44. The average molecular weight is 369 g/mol. The zero-order chi connectivity index (χ0) is 18.2.